The van der Waals surface area contributed by atoms with Crippen molar-refractivity contribution < 1.29 is 24.9 Å². The van der Waals surface area contributed by atoms with E-state index in [0.29, 0.717) is 32.3 Å². The van der Waals surface area contributed by atoms with Gasteiger partial charge in [-0.1, -0.05) is 26.3 Å². The van der Waals surface area contributed by atoms with E-state index in [4.69, 9.17) is 4.74 Å². The van der Waals surface area contributed by atoms with Crippen molar-refractivity contribution in [1.29, 1.82) is 0 Å². The Morgan fingerprint density at radius 3 is 2.52 bits per heavy atom. The van der Waals surface area contributed by atoms with Crippen LogP contribution in [0.25, 0.3) is 0 Å². The summed E-state index contributed by atoms with van der Waals surface area (Å²) in [7, 11) is 0. The number of ether oxygens (including phenoxy) is 1. The number of hydrogen-bond acceptors (Lipinski definition) is 5. The summed E-state index contributed by atoms with van der Waals surface area (Å²) in [6, 6.07) is 0. The third-order valence-electron chi connectivity index (χ3n) is 6.51. The summed E-state index contributed by atoms with van der Waals surface area (Å²) in [6.07, 6.45) is 3.84. The molecular formula is C20H30O5. The van der Waals surface area contributed by atoms with E-state index in [1.54, 1.807) is 6.08 Å². The molecule has 0 bridgehead atoms. The summed E-state index contributed by atoms with van der Waals surface area (Å²) in [5.74, 6) is -0.243. The molecule has 0 spiro atoms. The number of allylic oxidation sites excluding steroid dienone is 1. The summed E-state index contributed by atoms with van der Waals surface area (Å²) in [6.45, 7) is 6.64. The van der Waals surface area contributed by atoms with Crippen LogP contribution in [0.2, 0.25) is 0 Å². The Hall–Kier alpha value is -1.17. The molecule has 140 valence electrons. The molecule has 0 aromatic heterocycles. The zero-order chi connectivity index (χ0) is 18.4. The van der Waals surface area contributed by atoms with Crippen LogP contribution in [0.5, 0.6) is 0 Å². The van der Waals surface area contributed by atoms with Gasteiger partial charge in [-0.3, -0.25) is 0 Å². The Bertz CT molecular complexity index is 618. The second-order valence-corrected chi connectivity index (χ2v) is 8.87. The number of rotatable bonds is 4. The number of carbonyl (C=O) groups is 1. The molecule has 1 heterocycles. The average Bonchev–Trinajstić information content (AvgIpc) is 2.88. The molecule has 0 aromatic rings. The van der Waals surface area contributed by atoms with Gasteiger partial charge in [0, 0.05) is 6.08 Å². The quantitative estimate of drug-likeness (QED) is 0.534. The third-order valence-corrected chi connectivity index (χ3v) is 6.51. The summed E-state index contributed by atoms with van der Waals surface area (Å²) in [4.78, 5) is 11.3. The fraction of sp³-hybridized carbons (Fsp3) is 0.750. The van der Waals surface area contributed by atoms with Crippen LogP contribution in [0.1, 0.15) is 52.9 Å². The van der Waals surface area contributed by atoms with Crippen molar-refractivity contribution >= 4 is 5.97 Å². The van der Waals surface area contributed by atoms with E-state index in [0.717, 1.165) is 23.1 Å². The van der Waals surface area contributed by atoms with Gasteiger partial charge in [0.1, 0.15) is 6.61 Å². The maximum atomic E-state index is 11.3. The summed E-state index contributed by atoms with van der Waals surface area (Å²) in [5, 5.41) is 31.2. The van der Waals surface area contributed by atoms with Gasteiger partial charge < -0.3 is 20.1 Å². The minimum absolute atomic E-state index is 0.0455. The highest BCUT2D eigenvalue weighted by Gasteiger charge is 2.56. The van der Waals surface area contributed by atoms with Crippen LogP contribution in [-0.2, 0) is 9.53 Å². The van der Waals surface area contributed by atoms with Crippen molar-refractivity contribution in [1.82, 2.24) is 0 Å². The molecule has 0 radical (unpaired) electrons. The average molecular weight is 350 g/mol. The Morgan fingerprint density at radius 1 is 1.20 bits per heavy atom. The Morgan fingerprint density at radius 2 is 1.92 bits per heavy atom. The lowest BCUT2D eigenvalue weighted by molar-refractivity contribution is -0.135. The molecule has 5 nitrogen and oxygen atoms in total. The standard InChI is InChI=1S/C20H30O5/c1-19(2)8-14(22)9-20(3)15(5-4-12-6-17(24)25-11-12)13(10-21)7-16(23)18(19)20/h6,14,16,18,21-23H,4-5,7-11H2,1-3H3/t14-,16-,18-,20+/m0/s1. The highest BCUT2D eigenvalue weighted by Crippen LogP contribution is 2.60. The molecule has 0 unspecified atom stereocenters. The van der Waals surface area contributed by atoms with E-state index in [1.807, 2.05) is 0 Å². The highest BCUT2D eigenvalue weighted by molar-refractivity contribution is 5.85. The molecule has 3 N–H and O–H groups in total. The molecule has 0 aromatic carbocycles. The molecule has 0 saturated heterocycles. The lowest BCUT2D eigenvalue weighted by Gasteiger charge is -2.58. The Kier molecular flexibility index (Phi) is 4.86. The van der Waals surface area contributed by atoms with Crippen LogP contribution in [0, 0.1) is 16.7 Å². The fourth-order valence-electron chi connectivity index (χ4n) is 5.90. The Labute approximate surface area is 149 Å². The van der Waals surface area contributed by atoms with Crippen molar-refractivity contribution in [3.8, 4) is 0 Å². The number of carbonyl (C=O) groups excluding carboxylic acids is 1. The van der Waals surface area contributed by atoms with Crippen LogP contribution in [0.3, 0.4) is 0 Å². The molecule has 3 rings (SSSR count). The largest absolute Gasteiger partial charge is 0.458 e. The van der Waals surface area contributed by atoms with Gasteiger partial charge in [-0.05, 0) is 60.0 Å². The zero-order valence-electron chi connectivity index (χ0n) is 15.4. The molecule has 0 amide bonds. The van der Waals surface area contributed by atoms with Crippen LogP contribution < -0.4 is 0 Å². The first-order valence-electron chi connectivity index (χ1n) is 9.22. The first kappa shape index (κ1) is 18.6. The van der Waals surface area contributed by atoms with Crippen LogP contribution in [0.15, 0.2) is 22.8 Å². The van der Waals surface area contributed by atoms with Crippen molar-refractivity contribution in [3.63, 3.8) is 0 Å². The second kappa shape index (κ2) is 6.53. The number of aliphatic hydroxyl groups is 3. The zero-order valence-corrected chi connectivity index (χ0v) is 15.4. The summed E-state index contributed by atoms with van der Waals surface area (Å²) in [5.41, 5.74) is 2.49. The summed E-state index contributed by atoms with van der Waals surface area (Å²) >= 11 is 0. The van der Waals surface area contributed by atoms with Gasteiger partial charge in [0.25, 0.3) is 0 Å². The van der Waals surface area contributed by atoms with E-state index >= 15 is 0 Å². The summed E-state index contributed by atoms with van der Waals surface area (Å²) < 4.78 is 4.98. The SMILES string of the molecule is CC1(C)C[C@H](O)C[C@]2(C)C(CCC3=CC(=O)OC3)=C(CO)C[C@H](O)[C@@H]12. The maximum absolute atomic E-state index is 11.3. The van der Waals surface area contributed by atoms with E-state index < -0.39 is 12.2 Å². The molecular weight excluding hydrogens is 320 g/mol. The van der Waals surface area contributed by atoms with Gasteiger partial charge in [0.05, 0.1) is 18.8 Å². The smallest absolute Gasteiger partial charge is 0.331 e. The Balaban J connectivity index is 1.94. The first-order chi connectivity index (χ1) is 11.7. The van der Waals surface area contributed by atoms with E-state index in [9.17, 15) is 20.1 Å². The normalized spacial score (nSPS) is 37.6. The number of cyclic esters (lactones) is 1. The van der Waals surface area contributed by atoms with Gasteiger partial charge in [0.2, 0.25) is 0 Å². The third kappa shape index (κ3) is 3.29. The van der Waals surface area contributed by atoms with Gasteiger partial charge in [-0.2, -0.15) is 0 Å². The lowest BCUT2D eigenvalue weighted by Crippen LogP contribution is -2.55. The molecule has 25 heavy (non-hydrogen) atoms. The van der Waals surface area contributed by atoms with Gasteiger partial charge >= 0.3 is 5.97 Å². The minimum atomic E-state index is -0.506. The van der Waals surface area contributed by atoms with Crippen molar-refractivity contribution in [2.45, 2.75) is 65.1 Å². The van der Waals surface area contributed by atoms with Gasteiger partial charge in [-0.25, -0.2) is 4.79 Å². The molecule has 1 aliphatic heterocycles. The molecule has 5 heteroatoms. The highest BCUT2D eigenvalue weighted by atomic mass is 16.5. The minimum Gasteiger partial charge on any atom is -0.458 e. The number of hydrogen-bond donors (Lipinski definition) is 3. The van der Waals surface area contributed by atoms with Gasteiger partial charge in [0.15, 0.2) is 0 Å². The van der Waals surface area contributed by atoms with E-state index in [1.165, 1.54) is 0 Å². The van der Waals surface area contributed by atoms with E-state index in [-0.39, 0.29) is 29.3 Å². The van der Waals surface area contributed by atoms with Crippen molar-refractivity contribution in [3.05, 3.63) is 22.8 Å². The first-order valence-corrected chi connectivity index (χ1v) is 9.22. The topological polar surface area (TPSA) is 87.0 Å². The van der Waals surface area contributed by atoms with Crippen LogP contribution in [-0.4, -0.2) is 46.7 Å². The van der Waals surface area contributed by atoms with Crippen molar-refractivity contribution in [2.75, 3.05) is 13.2 Å². The van der Waals surface area contributed by atoms with Crippen LogP contribution >= 0.6 is 0 Å². The second-order valence-electron chi connectivity index (χ2n) is 8.87. The maximum Gasteiger partial charge on any atom is 0.331 e. The van der Waals surface area contributed by atoms with Gasteiger partial charge in [-0.15, -0.1) is 0 Å². The van der Waals surface area contributed by atoms with E-state index in [2.05, 4.69) is 20.8 Å². The fourth-order valence-corrected chi connectivity index (χ4v) is 5.90. The number of fused-ring (bicyclic) bond motifs is 1. The molecule has 4 atom stereocenters. The number of aliphatic hydroxyl groups excluding tert-OH is 3. The lowest BCUT2D eigenvalue weighted by atomic mass is 9.48. The molecule has 1 fully saturated rings. The molecule has 2 aliphatic carbocycles. The molecule has 1 saturated carbocycles. The predicted molar refractivity (Wildman–Crippen MR) is 93.6 cm³/mol. The predicted octanol–water partition coefficient (Wildman–Crippen LogP) is 2.11. The number of esters is 1. The van der Waals surface area contributed by atoms with Crippen LogP contribution in [0.4, 0.5) is 0 Å². The van der Waals surface area contributed by atoms with Crippen molar-refractivity contribution in [2.24, 2.45) is 16.7 Å². The molecule has 3 aliphatic rings. The monoisotopic (exact) mass is 350 g/mol.